The van der Waals surface area contributed by atoms with Gasteiger partial charge in [0.25, 0.3) is 0 Å². The fraction of sp³-hybridized carbons (Fsp3) is 0.889. The van der Waals surface area contributed by atoms with Gasteiger partial charge in [0.15, 0.2) is 0 Å². The molecule has 0 bridgehead atoms. The summed E-state index contributed by atoms with van der Waals surface area (Å²) in [5, 5.41) is 3.83. The molecule has 2 rings (SSSR count). The lowest BCUT2D eigenvalue weighted by atomic mass is 10.0. The van der Waals surface area contributed by atoms with Crippen LogP contribution in [-0.4, -0.2) is 49.8 Å². The van der Waals surface area contributed by atoms with Gasteiger partial charge in [-0.1, -0.05) is 11.6 Å². The van der Waals surface area contributed by atoms with Gasteiger partial charge in [0.1, 0.15) is 0 Å². The summed E-state index contributed by atoms with van der Waals surface area (Å²) in [5.74, 6) is 0.789. The molecule has 0 aliphatic carbocycles. The zero-order chi connectivity index (χ0) is 15.1. The predicted octanol–water partition coefficient (Wildman–Crippen LogP) is 3.21. The van der Waals surface area contributed by atoms with Crippen LogP contribution < -0.4 is 5.32 Å². The molecule has 0 aromatic heterocycles. The molecule has 2 aliphatic rings. The third-order valence-corrected chi connectivity index (χ3v) is 4.80. The number of piperidine rings is 1. The van der Waals surface area contributed by atoms with Crippen molar-refractivity contribution in [2.45, 2.75) is 65.0 Å². The highest BCUT2D eigenvalue weighted by Gasteiger charge is 2.24. The molecule has 1 N–H and O–H groups in total. The monoisotopic (exact) mass is 294 g/mol. The first-order chi connectivity index (χ1) is 10.1. The van der Waals surface area contributed by atoms with E-state index in [2.05, 4.69) is 37.1 Å². The lowest BCUT2D eigenvalue weighted by Crippen LogP contribution is -2.46. The number of hydrogen-bond acceptors (Lipinski definition) is 3. The van der Waals surface area contributed by atoms with E-state index in [-0.39, 0.29) is 0 Å². The van der Waals surface area contributed by atoms with Crippen LogP contribution in [-0.2, 0) is 4.74 Å². The summed E-state index contributed by atoms with van der Waals surface area (Å²) >= 11 is 0. The van der Waals surface area contributed by atoms with Gasteiger partial charge in [0.2, 0.25) is 0 Å². The van der Waals surface area contributed by atoms with Crippen LogP contribution in [0, 0.1) is 5.92 Å². The Morgan fingerprint density at radius 2 is 2.05 bits per heavy atom. The molecule has 2 atom stereocenters. The maximum atomic E-state index is 5.48. The Morgan fingerprint density at radius 3 is 2.67 bits per heavy atom. The minimum Gasteiger partial charge on any atom is -0.381 e. The lowest BCUT2D eigenvalue weighted by Gasteiger charge is -2.35. The summed E-state index contributed by atoms with van der Waals surface area (Å²) < 4.78 is 5.48. The first kappa shape index (κ1) is 17.0. The second-order valence-corrected chi connectivity index (χ2v) is 7.23. The average Bonchev–Trinajstić information content (AvgIpc) is 2.93. The van der Waals surface area contributed by atoms with Crippen molar-refractivity contribution in [3.05, 3.63) is 11.6 Å². The van der Waals surface area contributed by atoms with E-state index in [1.807, 2.05) is 0 Å². The summed E-state index contributed by atoms with van der Waals surface area (Å²) in [6.45, 7) is 12.4. The molecular formula is C18H34N2O. The molecule has 2 aliphatic heterocycles. The Balaban J connectivity index is 1.58. The third kappa shape index (κ3) is 6.50. The van der Waals surface area contributed by atoms with E-state index < -0.39 is 0 Å². The van der Waals surface area contributed by atoms with Gasteiger partial charge in [0, 0.05) is 25.2 Å². The Labute approximate surface area is 131 Å². The molecule has 0 spiro atoms. The smallest absolute Gasteiger partial charge is 0.0507 e. The highest BCUT2D eigenvalue weighted by atomic mass is 16.5. The lowest BCUT2D eigenvalue weighted by molar-refractivity contribution is 0.145. The third-order valence-electron chi connectivity index (χ3n) is 4.80. The molecule has 122 valence electrons. The van der Waals surface area contributed by atoms with Crippen LogP contribution in [0.4, 0.5) is 0 Å². The zero-order valence-corrected chi connectivity index (χ0v) is 14.2. The number of rotatable bonds is 7. The fourth-order valence-electron chi connectivity index (χ4n) is 3.48. The van der Waals surface area contributed by atoms with Gasteiger partial charge in [-0.3, -0.25) is 0 Å². The normalized spacial score (nSPS) is 26.0. The van der Waals surface area contributed by atoms with Crippen molar-refractivity contribution in [1.82, 2.24) is 10.2 Å². The minimum atomic E-state index is 0.639. The van der Waals surface area contributed by atoms with Crippen LogP contribution in [0.1, 0.15) is 52.9 Å². The SMILES string of the molecule is CC(C)=CCC[C@@H](C)NC1CCN(C[C@@H]2CCOC2)CC1. The van der Waals surface area contributed by atoms with Crippen molar-refractivity contribution >= 4 is 0 Å². The molecule has 3 heteroatoms. The number of nitrogens with zero attached hydrogens (tertiary/aromatic N) is 1. The highest BCUT2D eigenvalue weighted by molar-refractivity contribution is 4.93. The zero-order valence-electron chi connectivity index (χ0n) is 14.2. The topological polar surface area (TPSA) is 24.5 Å². The Morgan fingerprint density at radius 1 is 1.29 bits per heavy atom. The van der Waals surface area contributed by atoms with Crippen LogP contribution >= 0.6 is 0 Å². The number of nitrogens with one attached hydrogen (secondary N) is 1. The van der Waals surface area contributed by atoms with Crippen molar-refractivity contribution in [3.8, 4) is 0 Å². The average molecular weight is 294 g/mol. The first-order valence-corrected chi connectivity index (χ1v) is 8.83. The minimum absolute atomic E-state index is 0.639. The predicted molar refractivity (Wildman–Crippen MR) is 89.7 cm³/mol. The van der Waals surface area contributed by atoms with Crippen molar-refractivity contribution < 1.29 is 4.74 Å². The largest absolute Gasteiger partial charge is 0.381 e. The molecule has 0 aromatic rings. The van der Waals surface area contributed by atoms with Crippen molar-refractivity contribution in [2.24, 2.45) is 5.92 Å². The number of hydrogen-bond donors (Lipinski definition) is 1. The van der Waals surface area contributed by atoms with Crippen molar-refractivity contribution in [2.75, 3.05) is 32.8 Å². The van der Waals surface area contributed by atoms with Crippen LogP contribution in [0.25, 0.3) is 0 Å². The van der Waals surface area contributed by atoms with E-state index in [1.54, 1.807) is 0 Å². The molecular weight excluding hydrogens is 260 g/mol. The molecule has 2 heterocycles. The van der Waals surface area contributed by atoms with E-state index in [4.69, 9.17) is 4.74 Å². The first-order valence-electron chi connectivity index (χ1n) is 8.83. The van der Waals surface area contributed by atoms with E-state index in [0.717, 1.165) is 25.2 Å². The van der Waals surface area contributed by atoms with Crippen LogP contribution in [0.2, 0.25) is 0 Å². The molecule has 0 saturated carbocycles. The number of ether oxygens (including phenoxy) is 1. The van der Waals surface area contributed by atoms with Crippen molar-refractivity contribution in [1.29, 1.82) is 0 Å². The number of allylic oxidation sites excluding steroid dienone is 2. The van der Waals surface area contributed by atoms with E-state index >= 15 is 0 Å². The molecule has 0 aromatic carbocycles. The van der Waals surface area contributed by atoms with E-state index in [1.165, 1.54) is 57.3 Å². The van der Waals surface area contributed by atoms with E-state index in [9.17, 15) is 0 Å². The summed E-state index contributed by atoms with van der Waals surface area (Å²) in [6, 6.07) is 1.36. The molecule has 2 fully saturated rings. The highest BCUT2D eigenvalue weighted by Crippen LogP contribution is 2.18. The summed E-state index contributed by atoms with van der Waals surface area (Å²) in [6.07, 6.45) is 8.69. The van der Waals surface area contributed by atoms with Gasteiger partial charge in [-0.25, -0.2) is 0 Å². The van der Waals surface area contributed by atoms with E-state index in [0.29, 0.717) is 6.04 Å². The maximum Gasteiger partial charge on any atom is 0.0507 e. The van der Waals surface area contributed by atoms with Gasteiger partial charge < -0.3 is 15.0 Å². The second kappa shape index (κ2) is 8.92. The molecule has 0 radical (unpaired) electrons. The molecule has 0 amide bonds. The Bertz CT molecular complexity index is 311. The molecule has 3 nitrogen and oxygen atoms in total. The van der Waals surface area contributed by atoms with Gasteiger partial charge in [-0.2, -0.15) is 0 Å². The molecule has 21 heavy (non-hydrogen) atoms. The number of likely N-dealkylation sites (tertiary alicyclic amines) is 1. The fourth-order valence-corrected chi connectivity index (χ4v) is 3.48. The van der Waals surface area contributed by atoms with Gasteiger partial charge in [0.05, 0.1) is 6.61 Å². The van der Waals surface area contributed by atoms with Gasteiger partial charge in [-0.05, 0) is 71.9 Å². The Hall–Kier alpha value is -0.380. The standard InChI is InChI=1S/C18H34N2O/c1-15(2)5-4-6-16(3)19-18-7-10-20(11-8-18)13-17-9-12-21-14-17/h5,16-19H,4,6-14H2,1-3H3/t16-,17+/m1/s1. The van der Waals surface area contributed by atoms with Crippen LogP contribution in [0.5, 0.6) is 0 Å². The van der Waals surface area contributed by atoms with Gasteiger partial charge in [-0.15, -0.1) is 0 Å². The summed E-state index contributed by atoms with van der Waals surface area (Å²) in [4.78, 5) is 2.64. The Kier molecular flexibility index (Phi) is 7.21. The summed E-state index contributed by atoms with van der Waals surface area (Å²) in [7, 11) is 0. The van der Waals surface area contributed by atoms with Crippen LogP contribution in [0.3, 0.4) is 0 Å². The quantitative estimate of drug-likeness (QED) is 0.730. The van der Waals surface area contributed by atoms with Crippen molar-refractivity contribution in [3.63, 3.8) is 0 Å². The maximum absolute atomic E-state index is 5.48. The van der Waals surface area contributed by atoms with Crippen LogP contribution in [0.15, 0.2) is 11.6 Å². The summed E-state index contributed by atoms with van der Waals surface area (Å²) in [5.41, 5.74) is 1.44. The molecule has 2 saturated heterocycles. The second-order valence-electron chi connectivity index (χ2n) is 7.23. The van der Waals surface area contributed by atoms with Gasteiger partial charge >= 0.3 is 0 Å². The molecule has 0 unspecified atom stereocenters.